The lowest BCUT2D eigenvalue weighted by atomic mass is 10.1. The highest BCUT2D eigenvalue weighted by atomic mass is 16.5. The van der Waals surface area contributed by atoms with Crippen LogP contribution in [-0.2, 0) is 19.1 Å². The zero-order valence-corrected chi connectivity index (χ0v) is 17.8. The van der Waals surface area contributed by atoms with Gasteiger partial charge in [0.05, 0.1) is 31.9 Å². The van der Waals surface area contributed by atoms with E-state index >= 15 is 0 Å². The Morgan fingerprint density at radius 3 is 2.55 bits per heavy atom. The Hall–Kier alpha value is -3.55. The molecule has 164 valence electrons. The molecular formula is C23H26N2O6. The Labute approximate surface area is 181 Å². The summed E-state index contributed by atoms with van der Waals surface area (Å²) in [6, 6.07) is 14.4. The van der Waals surface area contributed by atoms with Crippen LogP contribution < -0.4 is 14.8 Å². The predicted octanol–water partition coefficient (Wildman–Crippen LogP) is 2.80. The molecule has 0 unspecified atom stereocenters. The normalized spacial score (nSPS) is 16.5. The maximum atomic E-state index is 12.4. The first-order valence-corrected chi connectivity index (χ1v) is 9.95. The fourth-order valence-electron chi connectivity index (χ4n) is 3.52. The molecule has 1 fully saturated rings. The number of ether oxygens (including phenoxy) is 3. The number of esters is 1. The molecule has 8 heteroatoms. The molecule has 2 atom stereocenters. The number of rotatable bonds is 8. The fourth-order valence-corrected chi connectivity index (χ4v) is 3.52. The Morgan fingerprint density at radius 1 is 1.13 bits per heavy atom. The summed E-state index contributed by atoms with van der Waals surface area (Å²) >= 11 is 0. The van der Waals surface area contributed by atoms with E-state index in [0.29, 0.717) is 17.2 Å². The van der Waals surface area contributed by atoms with E-state index in [4.69, 9.17) is 14.2 Å². The van der Waals surface area contributed by atoms with Gasteiger partial charge in [-0.1, -0.05) is 30.3 Å². The van der Waals surface area contributed by atoms with Gasteiger partial charge in [-0.15, -0.1) is 0 Å². The second-order valence-corrected chi connectivity index (χ2v) is 7.26. The zero-order valence-electron chi connectivity index (χ0n) is 17.8. The third kappa shape index (κ3) is 5.33. The van der Waals surface area contributed by atoms with Crippen LogP contribution in [0.5, 0.6) is 11.5 Å². The molecule has 1 heterocycles. The maximum Gasteiger partial charge on any atom is 0.311 e. The molecule has 8 nitrogen and oxygen atoms in total. The van der Waals surface area contributed by atoms with Gasteiger partial charge in [-0.25, -0.2) is 0 Å². The molecule has 1 saturated heterocycles. The third-order valence-electron chi connectivity index (χ3n) is 5.27. The molecule has 1 N–H and O–H groups in total. The average Bonchev–Trinajstić information content (AvgIpc) is 3.19. The highest BCUT2D eigenvalue weighted by Gasteiger charge is 2.38. The highest BCUT2D eigenvalue weighted by Crippen LogP contribution is 2.30. The minimum absolute atomic E-state index is 0.0733. The number of likely N-dealkylation sites (tertiary alicyclic amines) is 1. The fraction of sp³-hybridized carbons (Fsp3) is 0.348. The highest BCUT2D eigenvalue weighted by molar-refractivity contribution is 5.95. The standard InChI is InChI=1S/C23H26N2O6/c1-15(16-7-5-4-6-8-16)25-13-17(11-22(25)27)23(28)31-14-21(26)24-19-10-9-18(29-2)12-20(19)30-3/h4-10,12,15,17H,11,13-14H2,1-3H3,(H,24,26)/t15-,17-/m0/s1. The Morgan fingerprint density at radius 2 is 1.87 bits per heavy atom. The minimum atomic E-state index is -0.595. The molecule has 0 aliphatic carbocycles. The number of amides is 2. The van der Waals surface area contributed by atoms with Crippen molar-refractivity contribution in [2.45, 2.75) is 19.4 Å². The summed E-state index contributed by atoms with van der Waals surface area (Å²) < 4.78 is 15.5. The van der Waals surface area contributed by atoms with Crippen LogP contribution in [-0.4, -0.2) is 50.1 Å². The van der Waals surface area contributed by atoms with Crippen molar-refractivity contribution in [3.05, 3.63) is 54.1 Å². The molecule has 0 aromatic heterocycles. The summed E-state index contributed by atoms with van der Waals surface area (Å²) in [4.78, 5) is 38.8. The second kappa shape index (κ2) is 9.97. The number of nitrogens with one attached hydrogen (secondary N) is 1. The largest absolute Gasteiger partial charge is 0.497 e. The van der Waals surface area contributed by atoms with Gasteiger partial charge in [-0.2, -0.15) is 0 Å². The van der Waals surface area contributed by atoms with Crippen LogP contribution >= 0.6 is 0 Å². The van der Waals surface area contributed by atoms with Gasteiger partial charge in [0.1, 0.15) is 11.5 Å². The lowest BCUT2D eigenvalue weighted by Gasteiger charge is -2.25. The summed E-state index contributed by atoms with van der Waals surface area (Å²) in [5.74, 6) is -0.760. The third-order valence-corrected chi connectivity index (χ3v) is 5.27. The van der Waals surface area contributed by atoms with Crippen LogP contribution in [0.3, 0.4) is 0 Å². The van der Waals surface area contributed by atoms with Gasteiger partial charge in [-0.05, 0) is 24.6 Å². The van der Waals surface area contributed by atoms with Crippen molar-refractivity contribution in [2.75, 3.05) is 32.7 Å². The summed E-state index contributed by atoms with van der Waals surface area (Å²) in [6.07, 6.45) is 0.0733. The van der Waals surface area contributed by atoms with Gasteiger partial charge < -0.3 is 24.4 Å². The lowest BCUT2D eigenvalue weighted by Crippen LogP contribution is -2.30. The van der Waals surface area contributed by atoms with E-state index < -0.39 is 24.4 Å². The van der Waals surface area contributed by atoms with Crippen molar-refractivity contribution in [1.29, 1.82) is 0 Å². The number of nitrogens with zero attached hydrogens (tertiary/aromatic N) is 1. The molecule has 0 spiro atoms. The van der Waals surface area contributed by atoms with Gasteiger partial charge in [0, 0.05) is 19.0 Å². The molecule has 1 aliphatic heterocycles. The Kier molecular flexibility index (Phi) is 7.12. The first-order valence-electron chi connectivity index (χ1n) is 9.95. The van der Waals surface area contributed by atoms with E-state index in [1.807, 2.05) is 37.3 Å². The lowest BCUT2D eigenvalue weighted by molar-refractivity contribution is -0.151. The van der Waals surface area contributed by atoms with Crippen LogP contribution in [0.2, 0.25) is 0 Å². The van der Waals surface area contributed by atoms with E-state index in [2.05, 4.69) is 5.32 Å². The number of hydrogen-bond donors (Lipinski definition) is 1. The summed E-state index contributed by atoms with van der Waals surface area (Å²) in [6.45, 7) is 1.74. The topological polar surface area (TPSA) is 94.2 Å². The zero-order chi connectivity index (χ0) is 22.4. The molecule has 0 bridgehead atoms. The summed E-state index contributed by atoms with van der Waals surface area (Å²) in [5.41, 5.74) is 1.43. The SMILES string of the molecule is COc1ccc(NC(=O)COC(=O)[C@H]2CC(=O)N([C@@H](C)c3ccccc3)C2)c(OC)c1. The number of carbonyl (C=O) groups excluding carboxylic acids is 3. The molecule has 2 aromatic rings. The number of anilines is 1. The number of carbonyl (C=O) groups is 3. The van der Waals surface area contributed by atoms with Crippen molar-refractivity contribution in [1.82, 2.24) is 4.90 Å². The second-order valence-electron chi connectivity index (χ2n) is 7.26. The van der Waals surface area contributed by atoms with E-state index in [-0.39, 0.29) is 24.9 Å². The van der Waals surface area contributed by atoms with Crippen LogP contribution in [0.15, 0.2) is 48.5 Å². The summed E-state index contributed by atoms with van der Waals surface area (Å²) in [5, 5.41) is 2.64. The molecule has 0 saturated carbocycles. The minimum Gasteiger partial charge on any atom is -0.497 e. The van der Waals surface area contributed by atoms with E-state index in [0.717, 1.165) is 5.56 Å². The Balaban J connectivity index is 1.53. The molecular weight excluding hydrogens is 400 g/mol. The monoisotopic (exact) mass is 426 g/mol. The van der Waals surface area contributed by atoms with Crippen molar-refractivity contribution >= 4 is 23.5 Å². The number of hydrogen-bond acceptors (Lipinski definition) is 6. The predicted molar refractivity (Wildman–Crippen MR) is 114 cm³/mol. The van der Waals surface area contributed by atoms with Crippen LogP contribution in [0.4, 0.5) is 5.69 Å². The maximum absolute atomic E-state index is 12.4. The average molecular weight is 426 g/mol. The van der Waals surface area contributed by atoms with E-state index in [9.17, 15) is 14.4 Å². The van der Waals surface area contributed by atoms with Gasteiger partial charge in [0.2, 0.25) is 5.91 Å². The summed E-state index contributed by atoms with van der Waals surface area (Å²) in [7, 11) is 3.01. The van der Waals surface area contributed by atoms with Crippen LogP contribution in [0, 0.1) is 5.92 Å². The van der Waals surface area contributed by atoms with Gasteiger partial charge >= 0.3 is 5.97 Å². The first-order chi connectivity index (χ1) is 14.9. The quantitative estimate of drug-likeness (QED) is 0.653. The van der Waals surface area contributed by atoms with Crippen molar-refractivity contribution in [2.24, 2.45) is 5.92 Å². The van der Waals surface area contributed by atoms with Gasteiger partial charge in [0.25, 0.3) is 5.91 Å². The molecule has 0 radical (unpaired) electrons. The van der Waals surface area contributed by atoms with E-state index in [1.54, 1.807) is 23.1 Å². The van der Waals surface area contributed by atoms with Crippen molar-refractivity contribution < 1.29 is 28.6 Å². The van der Waals surface area contributed by atoms with E-state index in [1.165, 1.54) is 14.2 Å². The molecule has 2 aromatic carbocycles. The number of benzene rings is 2. The first kappa shape index (κ1) is 22.1. The van der Waals surface area contributed by atoms with Crippen molar-refractivity contribution in [3.63, 3.8) is 0 Å². The number of methoxy groups -OCH3 is 2. The van der Waals surface area contributed by atoms with Crippen molar-refractivity contribution in [3.8, 4) is 11.5 Å². The van der Waals surface area contributed by atoms with Gasteiger partial charge in [0.15, 0.2) is 6.61 Å². The molecule has 3 rings (SSSR count). The van der Waals surface area contributed by atoms with Crippen LogP contribution in [0.25, 0.3) is 0 Å². The Bertz CT molecular complexity index is 946. The molecule has 31 heavy (non-hydrogen) atoms. The molecule has 2 amide bonds. The smallest absolute Gasteiger partial charge is 0.311 e. The molecule has 1 aliphatic rings. The van der Waals surface area contributed by atoms with Gasteiger partial charge in [-0.3, -0.25) is 14.4 Å². The van der Waals surface area contributed by atoms with Crippen LogP contribution in [0.1, 0.15) is 24.9 Å².